The first-order chi connectivity index (χ1) is 27.9. The van der Waals surface area contributed by atoms with Crippen molar-refractivity contribution in [3.05, 3.63) is 158 Å². The summed E-state index contributed by atoms with van der Waals surface area (Å²) >= 11 is 0. The van der Waals surface area contributed by atoms with Crippen molar-refractivity contribution < 1.29 is 55.0 Å². The number of rotatable bonds is 8. The van der Waals surface area contributed by atoms with E-state index in [1.807, 2.05) is 12.1 Å². The normalized spacial score (nSPS) is 18.7. The molecule has 8 rings (SSSR count). The predicted octanol–water partition coefficient (Wildman–Crippen LogP) is 9.68. The SMILES string of the molecule is FC(F)(F)[C@@]1(c2ccc(Oc3ccccc3)cc2)CC(Oc2cncnc2)=NO1.FC(F)(F)[C@]1(c2ccc(Oc3ccccc3)cc2)CC(Oc2cncnc2)=NO1. The Morgan fingerprint density at radius 2 is 0.741 bits per heavy atom. The molecule has 4 aromatic carbocycles. The highest BCUT2D eigenvalue weighted by atomic mass is 19.4. The molecule has 58 heavy (non-hydrogen) atoms. The van der Waals surface area contributed by atoms with Gasteiger partial charge in [0, 0.05) is 11.1 Å². The molecular weight excluding hydrogens is 774 g/mol. The molecular formula is C40H28F6N6O6. The molecule has 18 heteroatoms. The number of oxime groups is 2. The molecule has 0 unspecified atom stereocenters. The Hall–Kier alpha value is -7.24. The van der Waals surface area contributed by atoms with Gasteiger partial charge >= 0.3 is 12.4 Å². The molecule has 0 fully saturated rings. The van der Waals surface area contributed by atoms with Crippen molar-refractivity contribution in [3.63, 3.8) is 0 Å². The van der Waals surface area contributed by atoms with Crippen LogP contribution in [0.25, 0.3) is 0 Å². The smallest absolute Gasteiger partial charge is 0.435 e. The Morgan fingerprint density at radius 3 is 1.07 bits per heavy atom. The Labute approximate surface area is 325 Å². The number of hydrogen-bond acceptors (Lipinski definition) is 12. The first kappa shape index (κ1) is 39.0. The summed E-state index contributed by atoms with van der Waals surface area (Å²) in [5.41, 5.74) is -5.53. The van der Waals surface area contributed by atoms with Gasteiger partial charge in [-0.1, -0.05) is 71.0 Å². The van der Waals surface area contributed by atoms with E-state index in [4.69, 9.17) is 28.6 Å². The van der Waals surface area contributed by atoms with Crippen LogP contribution in [-0.4, -0.2) is 44.1 Å². The average Bonchev–Trinajstić information content (AvgIpc) is 3.87. The summed E-state index contributed by atoms with van der Waals surface area (Å²) in [7, 11) is 0. The van der Waals surface area contributed by atoms with Gasteiger partial charge < -0.3 is 28.6 Å². The van der Waals surface area contributed by atoms with Gasteiger partial charge in [-0.15, -0.1) is 0 Å². The fraction of sp³-hybridized carbons (Fsp3) is 0.150. The lowest BCUT2D eigenvalue weighted by Crippen LogP contribution is -2.43. The highest BCUT2D eigenvalue weighted by molar-refractivity contribution is 5.81. The van der Waals surface area contributed by atoms with Crippen LogP contribution in [0.4, 0.5) is 26.3 Å². The summed E-state index contributed by atoms with van der Waals surface area (Å²) < 4.78 is 106. The lowest BCUT2D eigenvalue weighted by atomic mass is 9.90. The summed E-state index contributed by atoms with van der Waals surface area (Å²) in [4.78, 5) is 24.8. The first-order valence-corrected chi connectivity index (χ1v) is 17.1. The van der Waals surface area contributed by atoms with E-state index in [2.05, 4.69) is 30.2 Å². The van der Waals surface area contributed by atoms with Crippen molar-refractivity contribution in [1.29, 1.82) is 0 Å². The van der Waals surface area contributed by atoms with Crippen molar-refractivity contribution in [3.8, 4) is 34.5 Å². The maximum atomic E-state index is 14.0. The number of aromatic nitrogens is 4. The molecule has 0 bridgehead atoms. The molecule has 2 aliphatic heterocycles. The van der Waals surface area contributed by atoms with E-state index in [0.29, 0.717) is 23.0 Å². The maximum Gasteiger partial charge on any atom is 0.435 e. The van der Waals surface area contributed by atoms with Gasteiger partial charge in [-0.25, -0.2) is 19.9 Å². The van der Waals surface area contributed by atoms with Crippen LogP contribution in [0, 0.1) is 0 Å². The van der Waals surface area contributed by atoms with Gasteiger partial charge in [0.15, 0.2) is 11.5 Å². The minimum absolute atomic E-state index is 0.114. The molecule has 6 aromatic rings. The topological polar surface area (TPSA) is 132 Å². The molecule has 0 spiro atoms. The van der Waals surface area contributed by atoms with Gasteiger partial charge in [0.25, 0.3) is 11.2 Å². The third kappa shape index (κ3) is 8.75. The van der Waals surface area contributed by atoms with E-state index < -0.39 is 36.4 Å². The van der Waals surface area contributed by atoms with E-state index in [0.717, 1.165) is 0 Å². The van der Waals surface area contributed by atoms with Crippen molar-refractivity contribution in [1.82, 2.24) is 19.9 Å². The molecule has 2 aromatic heterocycles. The summed E-state index contributed by atoms with van der Waals surface area (Å²) in [6.07, 6.45) is -2.87. The van der Waals surface area contributed by atoms with Crippen LogP contribution < -0.4 is 18.9 Å². The fourth-order valence-electron chi connectivity index (χ4n) is 5.64. The number of hydrogen-bond donors (Lipinski definition) is 0. The molecule has 2 aliphatic rings. The minimum atomic E-state index is -4.73. The Bertz CT molecular complexity index is 2160. The molecule has 296 valence electrons. The Balaban J connectivity index is 0.000000177. The van der Waals surface area contributed by atoms with Crippen molar-refractivity contribution >= 4 is 11.8 Å². The van der Waals surface area contributed by atoms with E-state index >= 15 is 0 Å². The molecule has 0 aliphatic carbocycles. The summed E-state index contributed by atoms with van der Waals surface area (Å²) in [6, 6.07) is 28.8. The standard InChI is InChI=1S/2C20H14F3N3O3/c2*21-20(22,23)19(10-18(26-29-19)28-17-11-24-13-25-12-17)14-6-8-16(9-7-14)27-15-4-2-1-3-5-15/h2*1-9,11-13H,10H2/t2*19-/m10/s1. The van der Waals surface area contributed by atoms with Crippen molar-refractivity contribution in [2.75, 3.05) is 0 Å². The monoisotopic (exact) mass is 802 g/mol. The highest BCUT2D eigenvalue weighted by Crippen LogP contribution is 2.50. The van der Waals surface area contributed by atoms with E-state index in [9.17, 15) is 26.3 Å². The van der Waals surface area contributed by atoms with Crippen LogP contribution in [0.2, 0.25) is 0 Å². The largest absolute Gasteiger partial charge is 0.457 e. The van der Waals surface area contributed by atoms with Crippen LogP contribution in [0.5, 0.6) is 34.5 Å². The molecule has 4 heterocycles. The van der Waals surface area contributed by atoms with Crippen molar-refractivity contribution in [2.45, 2.75) is 36.4 Å². The second-order valence-electron chi connectivity index (χ2n) is 12.4. The summed E-state index contributed by atoms with van der Waals surface area (Å²) in [5.74, 6) is 1.84. The lowest BCUT2D eigenvalue weighted by molar-refractivity contribution is -0.276. The van der Waals surface area contributed by atoms with Gasteiger partial charge in [-0.3, -0.25) is 0 Å². The van der Waals surface area contributed by atoms with Gasteiger partial charge in [-0.2, -0.15) is 26.3 Å². The fourth-order valence-corrected chi connectivity index (χ4v) is 5.64. The molecule has 0 N–H and O–H groups in total. The zero-order valence-corrected chi connectivity index (χ0v) is 29.7. The number of nitrogens with zero attached hydrogens (tertiary/aromatic N) is 6. The second-order valence-corrected chi connectivity index (χ2v) is 12.4. The highest BCUT2D eigenvalue weighted by Gasteiger charge is 2.64. The summed E-state index contributed by atoms with van der Waals surface area (Å²) in [6.45, 7) is 0. The van der Waals surface area contributed by atoms with E-state index in [1.54, 1.807) is 48.5 Å². The van der Waals surface area contributed by atoms with Crippen LogP contribution >= 0.6 is 0 Å². The van der Waals surface area contributed by atoms with Crippen LogP contribution in [0.3, 0.4) is 0 Å². The quantitative estimate of drug-likeness (QED) is 0.137. The van der Waals surface area contributed by atoms with Crippen molar-refractivity contribution in [2.24, 2.45) is 10.3 Å². The van der Waals surface area contributed by atoms with Gasteiger partial charge in [-0.05, 0) is 48.5 Å². The minimum Gasteiger partial charge on any atom is -0.457 e. The lowest BCUT2D eigenvalue weighted by Gasteiger charge is -2.29. The van der Waals surface area contributed by atoms with Gasteiger partial charge in [0.05, 0.1) is 37.6 Å². The molecule has 0 saturated carbocycles. The molecule has 2 atom stereocenters. The Kier molecular flexibility index (Phi) is 11.1. The third-order valence-corrected chi connectivity index (χ3v) is 8.47. The number of benzene rings is 4. The van der Waals surface area contributed by atoms with Crippen LogP contribution in [0.1, 0.15) is 24.0 Å². The summed E-state index contributed by atoms with van der Waals surface area (Å²) in [5, 5.41) is 7.01. The zero-order valence-electron chi connectivity index (χ0n) is 29.7. The van der Waals surface area contributed by atoms with Gasteiger partial charge in [0.1, 0.15) is 35.7 Å². The average molecular weight is 803 g/mol. The molecule has 0 amide bonds. The molecule has 0 radical (unpaired) electrons. The third-order valence-electron chi connectivity index (χ3n) is 8.47. The van der Waals surface area contributed by atoms with Crippen LogP contribution in [-0.2, 0) is 20.9 Å². The number of alkyl halides is 6. The number of ether oxygens (including phenoxy) is 4. The molecule has 12 nitrogen and oxygen atoms in total. The van der Waals surface area contributed by atoms with Gasteiger partial charge in [0.2, 0.25) is 11.8 Å². The molecule has 0 saturated heterocycles. The number of para-hydroxylation sites is 2. The van der Waals surface area contributed by atoms with E-state index in [1.165, 1.54) is 86.0 Å². The van der Waals surface area contributed by atoms with E-state index in [-0.39, 0.29) is 34.4 Å². The van der Waals surface area contributed by atoms with Crippen LogP contribution in [0.15, 0.2) is 157 Å². The first-order valence-electron chi connectivity index (χ1n) is 17.1. The Morgan fingerprint density at radius 1 is 0.414 bits per heavy atom. The second kappa shape index (κ2) is 16.5. The zero-order chi connectivity index (χ0) is 40.6. The maximum absolute atomic E-state index is 14.0. The number of halogens is 6. The predicted molar refractivity (Wildman–Crippen MR) is 193 cm³/mol.